The molecule has 0 saturated heterocycles. The van der Waals surface area contributed by atoms with Crippen LogP contribution >= 0.6 is 0 Å². The summed E-state index contributed by atoms with van der Waals surface area (Å²) in [6, 6.07) is 13.3. The van der Waals surface area contributed by atoms with Gasteiger partial charge < -0.3 is 9.47 Å². The van der Waals surface area contributed by atoms with Gasteiger partial charge in [0.25, 0.3) is 5.91 Å². The molecular formula is C22H28N2O4. The summed E-state index contributed by atoms with van der Waals surface area (Å²) in [5, 5.41) is 0. The van der Waals surface area contributed by atoms with E-state index in [1.165, 1.54) is 0 Å². The summed E-state index contributed by atoms with van der Waals surface area (Å²) in [4.78, 5) is 24.1. The molecule has 28 heavy (non-hydrogen) atoms. The van der Waals surface area contributed by atoms with E-state index in [0.717, 1.165) is 22.4 Å². The minimum atomic E-state index is -0.730. The van der Waals surface area contributed by atoms with Crippen LogP contribution in [0.4, 0.5) is 0 Å². The Morgan fingerprint density at radius 3 is 2.43 bits per heavy atom. The molecule has 2 aromatic rings. The second kappa shape index (κ2) is 10.3. The van der Waals surface area contributed by atoms with Crippen molar-refractivity contribution in [2.45, 2.75) is 46.6 Å². The fourth-order valence-electron chi connectivity index (χ4n) is 2.57. The summed E-state index contributed by atoms with van der Waals surface area (Å²) in [6.45, 7) is 8.12. The summed E-state index contributed by atoms with van der Waals surface area (Å²) in [5.74, 6) is 0.793. The van der Waals surface area contributed by atoms with Crippen LogP contribution in [0.25, 0.3) is 0 Å². The number of carbonyl (C=O) groups excluding carboxylic acids is 2. The lowest BCUT2D eigenvalue weighted by Crippen LogP contribution is -2.47. The van der Waals surface area contributed by atoms with Crippen LogP contribution in [0.5, 0.6) is 11.5 Å². The van der Waals surface area contributed by atoms with Crippen LogP contribution in [0.3, 0.4) is 0 Å². The summed E-state index contributed by atoms with van der Waals surface area (Å²) < 4.78 is 11.1. The molecule has 6 nitrogen and oxygen atoms in total. The van der Waals surface area contributed by atoms with Gasteiger partial charge in [0.15, 0.2) is 6.10 Å². The molecule has 2 rings (SSSR count). The molecule has 0 heterocycles. The molecule has 0 spiro atoms. The first kappa shape index (κ1) is 21.3. The van der Waals surface area contributed by atoms with Gasteiger partial charge in [-0.2, -0.15) is 0 Å². The zero-order valence-electron chi connectivity index (χ0n) is 16.9. The average molecular weight is 384 g/mol. The largest absolute Gasteiger partial charge is 0.494 e. The smallest absolute Gasteiger partial charge is 0.279 e. The third-order valence-electron chi connectivity index (χ3n) is 4.43. The summed E-state index contributed by atoms with van der Waals surface area (Å²) >= 11 is 0. The average Bonchev–Trinajstić information content (AvgIpc) is 2.69. The maximum absolute atomic E-state index is 12.2. The Morgan fingerprint density at radius 2 is 1.75 bits per heavy atom. The first-order valence-electron chi connectivity index (χ1n) is 9.44. The van der Waals surface area contributed by atoms with Gasteiger partial charge in [-0.1, -0.05) is 24.3 Å². The molecule has 0 aliphatic carbocycles. The fourth-order valence-corrected chi connectivity index (χ4v) is 2.57. The van der Waals surface area contributed by atoms with E-state index in [0.29, 0.717) is 18.8 Å². The van der Waals surface area contributed by atoms with Gasteiger partial charge >= 0.3 is 0 Å². The highest BCUT2D eigenvalue weighted by molar-refractivity contribution is 5.84. The molecule has 0 saturated carbocycles. The number of ether oxygens (including phenoxy) is 2. The quantitative estimate of drug-likeness (QED) is 0.685. The SMILES string of the molecule is CCOc1ccc(CCC(=O)NNC(=O)C(C)Oc2cccc(C)c2C)cc1. The van der Waals surface area contributed by atoms with E-state index in [9.17, 15) is 9.59 Å². The van der Waals surface area contributed by atoms with Crippen molar-refractivity contribution in [1.82, 2.24) is 10.9 Å². The molecule has 0 bridgehead atoms. The Kier molecular flexibility index (Phi) is 7.87. The number of hydrogen-bond donors (Lipinski definition) is 2. The molecule has 0 radical (unpaired) electrons. The molecule has 150 valence electrons. The van der Waals surface area contributed by atoms with Gasteiger partial charge in [-0.25, -0.2) is 0 Å². The second-order valence-electron chi connectivity index (χ2n) is 6.57. The maximum atomic E-state index is 12.2. The van der Waals surface area contributed by atoms with Crippen LogP contribution in [0.1, 0.15) is 37.0 Å². The van der Waals surface area contributed by atoms with Crippen LogP contribution in [0.15, 0.2) is 42.5 Å². The van der Waals surface area contributed by atoms with E-state index in [1.807, 2.05) is 63.2 Å². The van der Waals surface area contributed by atoms with E-state index in [1.54, 1.807) is 6.92 Å². The molecule has 6 heteroatoms. The van der Waals surface area contributed by atoms with E-state index in [-0.39, 0.29) is 12.3 Å². The van der Waals surface area contributed by atoms with Gasteiger partial charge in [0.05, 0.1) is 6.61 Å². The number of rotatable bonds is 8. The maximum Gasteiger partial charge on any atom is 0.279 e. The van der Waals surface area contributed by atoms with Crippen LogP contribution in [0.2, 0.25) is 0 Å². The molecule has 2 aromatic carbocycles. The van der Waals surface area contributed by atoms with Gasteiger partial charge in [0.1, 0.15) is 11.5 Å². The van der Waals surface area contributed by atoms with Crippen molar-refractivity contribution >= 4 is 11.8 Å². The van der Waals surface area contributed by atoms with Crippen molar-refractivity contribution in [2.24, 2.45) is 0 Å². The molecule has 2 N–H and O–H groups in total. The number of benzene rings is 2. The highest BCUT2D eigenvalue weighted by atomic mass is 16.5. The number of aryl methyl sites for hydroxylation is 2. The zero-order chi connectivity index (χ0) is 20.5. The minimum Gasteiger partial charge on any atom is -0.494 e. The number of amides is 2. The molecule has 1 unspecified atom stereocenters. The highest BCUT2D eigenvalue weighted by Gasteiger charge is 2.16. The van der Waals surface area contributed by atoms with Crippen molar-refractivity contribution < 1.29 is 19.1 Å². The number of hydrogen-bond acceptors (Lipinski definition) is 4. The lowest BCUT2D eigenvalue weighted by atomic mass is 10.1. The molecular weight excluding hydrogens is 356 g/mol. The van der Waals surface area contributed by atoms with Crippen molar-refractivity contribution in [3.8, 4) is 11.5 Å². The van der Waals surface area contributed by atoms with Gasteiger partial charge in [-0.15, -0.1) is 0 Å². The molecule has 0 aliphatic rings. The van der Waals surface area contributed by atoms with E-state index < -0.39 is 12.0 Å². The van der Waals surface area contributed by atoms with Crippen molar-refractivity contribution in [1.29, 1.82) is 0 Å². The van der Waals surface area contributed by atoms with E-state index in [4.69, 9.17) is 9.47 Å². The standard InChI is InChI=1S/C22H28N2O4/c1-5-27-19-12-9-18(10-13-19)11-14-21(25)23-24-22(26)17(4)28-20-8-6-7-15(2)16(20)3/h6-10,12-13,17H,5,11,14H2,1-4H3,(H,23,25)(H,24,26). The first-order valence-corrected chi connectivity index (χ1v) is 9.44. The number of nitrogens with one attached hydrogen (secondary N) is 2. The Morgan fingerprint density at radius 1 is 1.04 bits per heavy atom. The number of carbonyl (C=O) groups is 2. The van der Waals surface area contributed by atoms with Crippen LogP contribution in [0, 0.1) is 13.8 Å². The Bertz CT molecular complexity index is 803. The fraction of sp³-hybridized carbons (Fsp3) is 0.364. The van der Waals surface area contributed by atoms with E-state index >= 15 is 0 Å². The van der Waals surface area contributed by atoms with Crippen LogP contribution < -0.4 is 20.3 Å². The lowest BCUT2D eigenvalue weighted by Gasteiger charge is -2.17. The number of hydrazine groups is 1. The first-order chi connectivity index (χ1) is 13.4. The third-order valence-corrected chi connectivity index (χ3v) is 4.43. The minimum absolute atomic E-state index is 0.263. The van der Waals surface area contributed by atoms with Gasteiger partial charge in [-0.05, 0) is 69.0 Å². The zero-order valence-corrected chi connectivity index (χ0v) is 16.9. The lowest BCUT2D eigenvalue weighted by molar-refractivity contribution is -0.132. The third kappa shape index (κ3) is 6.30. The second-order valence-corrected chi connectivity index (χ2v) is 6.57. The summed E-state index contributed by atoms with van der Waals surface area (Å²) in [7, 11) is 0. The topological polar surface area (TPSA) is 76.7 Å². The molecule has 0 fully saturated rings. The summed E-state index contributed by atoms with van der Waals surface area (Å²) in [6.07, 6.45) is 0.107. The predicted octanol–water partition coefficient (Wildman–Crippen LogP) is 3.25. The monoisotopic (exact) mass is 384 g/mol. The van der Waals surface area contributed by atoms with Crippen molar-refractivity contribution in [3.05, 3.63) is 59.2 Å². The molecule has 0 aromatic heterocycles. The molecule has 0 aliphatic heterocycles. The Labute approximate surface area is 166 Å². The van der Waals surface area contributed by atoms with Crippen molar-refractivity contribution in [2.75, 3.05) is 6.61 Å². The van der Waals surface area contributed by atoms with Crippen LogP contribution in [-0.4, -0.2) is 24.5 Å². The predicted molar refractivity (Wildman–Crippen MR) is 108 cm³/mol. The summed E-state index contributed by atoms with van der Waals surface area (Å²) in [5.41, 5.74) is 7.95. The molecule has 1 atom stereocenters. The Balaban J connectivity index is 1.75. The van der Waals surface area contributed by atoms with Crippen LogP contribution in [-0.2, 0) is 16.0 Å². The van der Waals surface area contributed by atoms with Gasteiger partial charge in [-0.3, -0.25) is 20.4 Å². The highest BCUT2D eigenvalue weighted by Crippen LogP contribution is 2.21. The van der Waals surface area contributed by atoms with Gasteiger partial charge in [0, 0.05) is 6.42 Å². The molecule has 2 amide bonds. The van der Waals surface area contributed by atoms with Gasteiger partial charge in [0.2, 0.25) is 5.91 Å². The van der Waals surface area contributed by atoms with Crippen molar-refractivity contribution in [3.63, 3.8) is 0 Å². The van der Waals surface area contributed by atoms with E-state index in [2.05, 4.69) is 10.9 Å². The Hall–Kier alpha value is -3.02. The normalized spacial score (nSPS) is 11.4.